The van der Waals surface area contributed by atoms with Gasteiger partial charge in [0.25, 0.3) is 0 Å². The van der Waals surface area contributed by atoms with Gasteiger partial charge in [-0.2, -0.15) is 0 Å². The molecule has 1 unspecified atom stereocenters. The molecule has 1 atom stereocenters. The zero-order valence-corrected chi connectivity index (χ0v) is 13.3. The number of benzene rings is 1. The van der Waals surface area contributed by atoms with Gasteiger partial charge in [-0.05, 0) is 44.4 Å². The van der Waals surface area contributed by atoms with Crippen molar-refractivity contribution >= 4 is 17.6 Å². The van der Waals surface area contributed by atoms with Crippen molar-refractivity contribution in [2.75, 3.05) is 31.6 Å². The maximum atomic E-state index is 12.2. The van der Waals surface area contributed by atoms with Crippen LogP contribution in [0, 0.1) is 5.92 Å². The molecule has 1 aromatic rings. The van der Waals surface area contributed by atoms with Crippen molar-refractivity contribution in [2.45, 2.75) is 26.7 Å². The smallest absolute Gasteiger partial charge is 0.340 e. The Hall–Kier alpha value is -1.88. The lowest BCUT2D eigenvalue weighted by Gasteiger charge is -2.30. The normalized spacial score (nSPS) is 18.7. The van der Waals surface area contributed by atoms with E-state index in [1.54, 1.807) is 31.2 Å². The highest BCUT2D eigenvalue weighted by Gasteiger charge is 2.20. The number of likely N-dealkylation sites (tertiary alicyclic amines) is 1. The van der Waals surface area contributed by atoms with Crippen LogP contribution in [0.4, 0.5) is 5.69 Å². The van der Waals surface area contributed by atoms with Crippen molar-refractivity contribution in [3.8, 4) is 0 Å². The first-order valence-electron chi connectivity index (χ1n) is 7.88. The summed E-state index contributed by atoms with van der Waals surface area (Å²) in [5.74, 6) is 0.129. The van der Waals surface area contributed by atoms with Gasteiger partial charge in [-0.3, -0.25) is 9.69 Å². The molecule has 1 aliphatic rings. The molecule has 0 aliphatic carbocycles. The van der Waals surface area contributed by atoms with Gasteiger partial charge in [-0.1, -0.05) is 19.1 Å². The molecule has 5 heteroatoms. The van der Waals surface area contributed by atoms with E-state index in [0.29, 0.717) is 30.3 Å². The predicted octanol–water partition coefficient (Wildman–Crippen LogP) is 2.53. The van der Waals surface area contributed by atoms with Crippen LogP contribution >= 0.6 is 0 Å². The van der Waals surface area contributed by atoms with Crippen molar-refractivity contribution in [3.05, 3.63) is 29.8 Å². The maximum Gasteiger partial charge on any atom is 0.340 e. The highest BCUT2D eigenvalue weighted by atomic mass is 16.5. The first-order valence-corrected chi connectivity index (χ1v) is 7.88. The van der Waals surface area contributed by atoms with Gasteiger partial charge in [0, 0.05) is 6.54 Å². The van der Waals surface area contributed by atoms with Gasteiger partial charge in [-0.25, -0.2) is 4.79 Å². The van der Waals surface area contributed by atoms with Gasteiger partial charge in [0.1, 0.15) is 0 Å². The topological polar surface area (TPSA) is 58.6 Å². The fraction of sp³-hybridized carbons (Fsp3) is 0.529. The summed E-state index contributed by atoms with van der Waals surface area (Å²) in [6.07, 6.45) is 2.36. The van der Waals surface area contributed by atoms with E-state index in [0.717, 1.165) is 19.5 Å². The quantitative estimate of drug-likeness (QED) is 0.849. The number of hydrogen-bond donors (Lipinski definition) is 1. The van der Waals surface area contributed by atoms with Gasteiger partial charge in [0.05, 0.1) is 24.4 Å². The molecule has 0 aromatic heterocycles. The van der Waals surface area contributed by atoms with Crippen LogP contribution in [0.15, 0.2) is 24.3 Å². The fourth-order valence-electron chi connectivity index (χ4n) is 2.80. The third-order valence-electron chi connectivity index (χ3n) is 3.80. The monoisotopic (exact) mass is 304 g/mol. The number of nitrogens with zero attached hydrogens (tertiary/aromatic N) is 1. The molecule has 1 saturated heterocycles. The summed E-state index contributed by atoms with van der Waals surface area (Å²) in [6.45, 7) is 6.55. The number of carbonyl (C=O) groups excluding carboxylic acids is 2. The minimum Gasteiger partial charge on any atom is -0.462 e. The average molecular weight is 304 g/mol. The van der Waals surface area contributed by atoms with Gasteiger partial charge in [0.15, 0.2) is 0 Å². The van der Waals surface area contributed by atoms with Crippen molar-refractivity contribution in [1.29, 1.82) is 0 Å². The zero-order chi connectivity index (χ0) is 15.9. The van der Waals surface area contributed by atoms with Crippen molar-refractivity contribution in [3.63, 3.8) is 0 Å². The number of hydrogen-bond acceptors (Lipinski definition) is 4. The molecule has 1 aromatic carbocycles. The van der Waals surface area contributed by atoms with Crippen LogP contribution in [-0.2, 0) is 9.53 Å². The third kappa shape index (κ3) is 4.56. The molecule has 1 aliphatic heterocycles. The first-order chi connectivity index (χ1) is 10.6. The van der Waals surface area contributed by atoms with Crippen LogP contribution < -0.4 is 5.32 Å². The number of nitrogens with one attached hydrogen (secondary N) is 1. The molecule has 1 fully saturated rings. The van der Waals surface area contributed by atoms with E-state index in [2.05, 4.69) is 17.1 Å². The third-order valence-corrected chi connectivity index (χ3v) is 3.80. The molecular formula is C17H24N2O3. The highest BCUT2D eigenvalue weighted by Crippen LogP contribution is 2.18. The summed E-state index contributed by atoms with van der Waals surface area (Å²) in [5, 5.41) is 2.83. The second-order valence-corrected chi connectivity index (χ2v) is 5.80. The first kappa shape index (κ1) is 16.5. The number of amides is 1. The lowest BCUT2D eigenvalue weighted by molar-refractivity contribution is -0.117. The van der Waals surface area contributed by atoms with E-state index in [1.165, 1.54) is 6.42 Å². The molecule has 0 bridgehead atoms. The second-order valence-electron chi connectivity index (χ2n) is 5.80. The summed E-state index contributed by atoms with van der Waals surface area (Å²) < 4.78 is 5.01. The van der Waals surface area contributed by atoms with Crippen molar-refractivity contribution in [1.82, 2.24) is 4.90 Å². The van der Waals surface area contributed by atoms with Crippen LogP contribution in [0.2, 0.25) is 0 Å². The Bertz CT molecular complexity index is 530. The lowest BCUT2D eigenvalue weighted by Crippen LogP contribution is -2.39. The summed E-state index contributed by atoms with van der Waals surface area (Å²) in [7, 11) is 0. The minimum atomic E-state index is -0.412. The second kappa shape index (κ2) is 7.94. The van der Waals surface area contributed by atoms with Crippen LogP contribution in [0.25, 0.3) is 0 Å². The number of ether oxygens (including phenoxy) is 1. The summed E-state index contributed by atoms with van der Waals surface area (Å²) in [5.41, 5.74) is 0.903. The number of esters is 1. The van der Waals surface area contributed by atoms with Gasteiger partial charge in [0.2, 0.25) is 5.91 Å². The molecule has 1 amide bonds. The SMILES string of the molecule is CCOC(=O)c1ccccc1NC(=O)CN1CCCC(C)C1. The number of carbonyl (C=O) groups is 2. The average Bonchev–Trinajstić information content (AvgIpc) is 2.48. The molecule has 5 nitrogen and oxygen atoms in total. The molecule has 1 N–H and O–H groups in total. The molecule has 0 radical (unpaired) electrons. The van der Waals surface area contributed by atoms with Crippen LogP contribution in [-0.4, -0.2) is 43.0 Å². The van der Waals surface area contributed by atoms with Gasteiger partial charge in [-0.15, -0.1) is 0 Å². The number of anilines is 1. The van der Waals surface area contributed by atoms with Crippen LogP contribution in [0.1, 0.15) is 37.0 Å². The van der Waals surface area contributed by atoms with Crippen LogP contribution in [0.3, 0.4) is 0 Å². The Morgan fingerprint density at radius 2 is 2.14 bits per heavy atom. The van der Waals surface area contributed by atoms with E-state index in [1.807, 2.05) is 0 Å². The summed E-state index contributed by atoms with van der Waals surface area (Å²) in [6, 6.07) is 6.94. The maximum absolute atomic E-state index is 12.2. The van der Waals surface area contributed by atoms with Gasteiger partial charge < -0.3 is 10.1 Å². The molecule has 0 saturated carbocycles. The Kier molecular flexibility index (Phi) is 5.95. The Morgan fingerprint density at radius 3 is 2.86 bits per heavy atom. The lowest BCUT2D eigenvalue weighted by atomic mass is 10.0. The molecule has 0 spiro atoms. The van der Waals surface area contributed by atoms with Crippen molar-refractivity contribution in [2.24, 2.45) is 5.92 Å². The fourth-order valence-corrected chi connectivity index (χ4v) is 2.80. The van der Waals surface area contributed by atoms with Gasteiger partial charge >= 0.3 is 5.97 Å². The Morgan fingerprint density at radius 1 is 1.36 bits per heavy atom. The summed E-state index contributed by atoms with van der Waals surface area (Å²) >= 11 is 0. The van der Waals surface area contributed by atoms with E-state index in [4.69, 9.17) is 4.74 Å². The van der Waals surface area contributed by atoms with E-state index < -0.39 is 5.97 Å². The van der Waals surface area contributed by atoms with E-state index >= 15 is 0 Å². The largest absolute Gasteiger partial charge is 0.462 e. The van der Waals surface area contributed by atoms with E-state index in [-0.39, 0.29) is 5.91 Å². The van der Waals surface area contributed by atoms with Crippen molar-refractivity contribution < 1.29 is 14.3 Å². The predicted molar refractivity (Wildman–Crippen MR) is 85.9 cm³/mol. The Labute approximate surface area is 131 Å². The number of piperidine rings is 1. The zero-order valence-electron chi connectivity index (χ0n) is 13.3. The highest BCUT2D eigenvalue weighted by molar-refractivity contribution is 6.01. The standard InChI is InChI=1S/C17H24N2O3/c1-3-22-17(21)14-8-4-5-9-15(14)18-16(20)12-19-10-6-7-13(2)11-19/h4-5,8-9,13H,3,6-7,10-12H2,1-2H3,(H,18,20). The molecule has 22 heavy (non-hydrogen) atoms. The number of para-hydroxylation sites is 1. The molecule has 2 rings (SSSR count). The Balaban J connectivity index is 1.98. The van der Waals surface area contributed by atoms with E-state index in [9.17, 15) is 9.59 Å². The van der Waals surface area contributed by atoms with Crippen LogP contribution in [0.5, 0.6) is 0 Å². The molecule has 1 heterocycles. The minimum absolute atomic E-state index is 0.0918. The molecular weight excluding hydrogens is 280 g/mol. The summed E-state index contributed by atoms with van der Waals surface area (Å²) in [4.78, 5) is 26.3. The molecule has 120 valence electrons. The number of rotatable bonds is 5.